The largest absolute Gasteiger partial charge is 0.503 e. The molecule has 1 aromatic carbocycles. The summed E-state index contributed by atoms with van der Waals surface area (Å²) in [6.45, 7) is 6.89. The third-order valence-corrected chi connectivity index (χ3v) is 6.79. The van der Waals surface area contributed by atoms with E-state index in [-0.39, 0.29) is 11.3 Å². The Bertz CT molecular complexity index is 1160. The lowest BCUT2D eigenvalue weighted by molar-refractivity contribution is -0.129. The molecule has 0 saturated heterocycles. The van der Waals surface area contributed by atoms with Gasteiger partial charge in [-0.3, -0.25) is 9.59 Å². The second-order valence-corrected chi connectivity index (χ2v) is 8.50. The zero-order chi connectivity index (χ0) is 22.8. The molecule has 0 saturated carbocycles. The molecule has 3 heterocycles. The van der Waals surface area contributed by atoms with Crippen LogP contribution in [0.5, 0.6) is 5.75 Å². The summed E-state index contributed by atoms with van der Waals surface area (Å²) in [7, 11) is 1.53. The average Bonchev–Trinajstić information content (AvgIpc) is 3.53. The van der Waals surface area contributed by atoms with Crippen molar-refractivity contribution in [2.45, 2.75) is 19.9 Å². The summed E-state index contributed by atoms with van der Waals surface area (Å²) >= 11 is 1.45. The first kappa shape index (κ1) is 22.1. The Balaban J connectivity index is 1.72. The maximum atomic E-state index is 13.5. The highest BCUT2D eigenvalue weighted by atomic mass is 32.1. The molecule has 3 aromatic rings. The summed E-state index contributed by atoms with van der Waals surface area (Å²) in [5, 5.41) is 13.4. The minimum absolute atomic E-state index is 0.0509. The third-order valence-electron chi connectivity index (χ3n) is 5.86. The number of thiophene rings is 1. The lowest BCUT2D eigenvalue weighted by atomic mass is 10.00. The second kappa shape index (κ2) is 9.18. The Morgan fingerprint density at radius 1 is 1.25 bits per heavy atom. The van der Waals surface area contributed by atoms with E-state index in [1.807, 2.05) is 29.6 Å². The fourth-order valence-corrected chi connectivity index (χ4v) is 4.93. The molecule has 8 heteroatoms. The molecule has 1 N–H and O–H groups in total. The first-order valence-corrected chi connectivity index (χ1v) is 11.5. The monoisotopic (exact) mass is 454 g/mol. The van der Waals surface area contributed by atoms with Crippen molar-refractivity contribution in [2.75, 3.05) is 33.3 Å². The van der Waals surface area contributed by atoms with Crippen LogP contribution in [-0.4, -0.2) is 59.9 Å². The molecule has 0 radical (unpaired) electrons. The molecule has 0 aliphatic carbocycles. The molecule has 2 aromatic heterocycles. The van der Waals surface area contributed by atoms with Crippen molar-refractivity contribution >= 4 is 34.0 Å². The standard InChI is InChI=1S/C24H26N2O5S/c1-4-25(5-2)11-12-26-20(18-10-7-13-32-18)19(22(28)24(26)29)21(27)17-14-15-8-6-9-16(30-3)23(15)31-17/h6-10,13-14,20,28H,4-5,11-12H2,1-3H3/t20-/m0/s1. The highest BCUT2D eigenvalue weighted by molar-refractivity contribution is 7.10. The van der Waals surface area contributed by atoms with Gasteiger partial charge in [-0.2, -0.15) is 0 Å². The topological polar surface area (TPSA) is 83.2 Å². The molecule has 32 heavy (non-hydrogen) atoms. The van der Waals surface area contributed by atoms with Gasteiger partial charge >= 0.3 is 0 Å². The van der Waals surface area contributed by atoms with Crippen LogP contribution in [-0.2, 0) is 4.79 Å². The number of fused-ring (bicyclic) bond motifs is 1. The first-order valence-electron chi connectivity index (χ1n) is 10.6. The van der Waals surface area contributed by atoms with Crippen molar-refractivity contribution in [3.63, 3.8) is 0 Å². The van der Waals surface area contributed by atoms with Gasteiger partial charge in [-0.05, 0) is 36.7 Å². The maximum Gasteiger partial charge on any atom is 0.290 e. The molecular weight excluding hydrogens is 428 g/mol. The van der Waals surface area contributed by atoms with Crippen LogP contribution in [0.4, 0.5) is 0 Å². The van der Waals surface area contributed by atoms with Crippen molar-refractivity contribution in [1.29, 1.82) is 0 Å². The fourth-order valence-electron chi connectivity index (χ4n) is 4.09. The van der Waals surface area contributed by atoms with Crippen LogP contribution in [0.1, 0.15) is 35.3 Å². The molecule has 1 amide bonds. The summed E-state index contributed by atoms with van der Waals surface area (Å²) in [5.74, 6) is -0.977. The Hall–Kier alpha value is -3.10. The zero-order valence-corrected chi connectivity index (χ0v) is 19.1. The molecule has 0 bridgehead atoms. The molecule has 168 valence electrons. The van der Waals surface area contributed by atoms with Gasteiger partial charge in [-0.25, -0.2) is 0 Å². The van der Waals surface area contributed by atoms with Gasteiger partial charge in [0.1, 0.15) is 0 Å². The number of amides is 1. The van der Waals surface area contributed by atoms with Crippen LogP contribution < -0.4 is 4.74 Å². The normalized spacial score (nSPS) is 16.6. The van der Waals surface area contributed by atoms with E-state index in [0.29, 0.717) is 29.8 Å². The molecule has 0 spiro atoms. The minimum Gasteiger partial charge on any atom is -0.503 e. The lowest BCUT2D eigenvalue weighted by Gasteiger charge is -2.28. The van der Waals surface area contributed by atoms with Crippen molar-refractivity contribution in [2.24, 2.45) is 0 Å². The summed E-state index contributed by atoms with van der Waals surface area (Å²) in [6, 6.07) is 10.1. The quantitative estimate of drug-likeness (QED) is 0.482. The number of likely N-dealkylation sites (N-methyl/N-ethyl adjacent to an activating group) is 1. The number of nitrogens with zero attached hydrogens (tertiary/aromatic N) is 2. The number of para-hydroxylation sites is 1. The van der Waals surface area contributed by atoms with Crippen LogP contribution in [0.2, 0.25) is 0 Å². The van der Waals surface area contributed by atoms with Crippen molar-refractivity contribution in [3.05, 3.63) is 63.7 Å². The van der Waals surface area contributed by atoms with Gasteiger partial charge in [-0.15, -0.1) is 11.3 Å². The van der Waals surface area contributed by atoms with E-state index >= 15 is 0 Å². The van der Waals surface area contributed by atoms with Crippen molar-refractivity contribution < 1.29 is 23.8 Å². The molecule has 0 fully saturated rings. The Morgan fingerprint density at radius 3 is 2.69 bits per heavy atom. The number of ether oxygens (including phenoxy) is 1. The number of carbonyl (C=O) groups excluding carboxylic acids is 2. The van der Waals surface area contributed by atoms with Crippen molar-refractivity contribution in [3.8, 4) is 5.75 Å². The zero-order valence-electron chi connectivity index (χ0n) is 18.3. The van der Waals surface area contributed by atoms with Gasteiger partial charge in [-0.1, -0.05) is 32.0 Å². The van der Waals surface area contributed by atoms with Gasteiger partial charge < -0.3 is 24.1 Å². The van der Waals surface area contributed by atoms with Crippen LogP contribution in [0.25, 0.3) is 11.0 Å². The van der Waals surface area contributed by atoms with Crippen LogP contribution in [0.3, 0.4) is 0 Å². The number of Topliss-reactive ketones (excluding diaryl/α,β-unsaturated/α-hetero) is 1. The van der Waals surface area contributed by atoms with E-state index in [1.165, 1.54) is 18.4 Å². The Labute approximate surface area is 190 Å². The van der Waals surface area contributed by atoms with Gasteiger partial charge in [0.25, 0.3) is 5.91 Å². The summed E-state index contributed by atoms with van der Waals surface area (Å²) in [6.07, 6.45) is 0. The van der Waals surface area contributed by atoms with E-state index < -0.39 is 23.5 Å². The minimum atomic E-state index is -0.652. The van der Waals surface area contributed by atoms with Gasteiger partial charge in [0.05, 0.1) is 18.7 Å². The van der Waals surface area contributed by atoms with Crippen LogP contribution in [0, 0.1) is 0 Å². The summed E-state index contributed by atoms with van der Waals surface area (Å²) < 4.78 is 11.2. The van der Waals surface area contributed by atoms with E-state index in [2.05, 4.69) is 18.7 Å². The molecule has 1 atom stereocenters. The van der Waals surface area contributed by atoms with E-state index in [1.54, 1.807) is 17.0 Å². The van der Waals surface area contributed by atoms with Crippen LogP contribution in [0.15, 0.2) is 57.5 Å². The van der Waals surface area contributed by atoms with Crippen molar-refractivity contribution in [1.82, 2.24) is 9.80 Å². The number of carbonyl (C=O) groups is 2. The van der Waals surface area contributed by atoms with Crippen LogP contribution >= 0.6 is 11.3 Å². The van der Waals surface area contributed by atoms with Gasteiger partial charge in [0.15, 0.2) is 22.9 Å². The number of methoxy groups -OCH3 is 1. The van der Waals surface area contributed by atoms with Gasteiger partial charge in [0.2, 0.25) is 5.78 Å². The number of aliphatic hydroxyl groups excluding tert-OH is 1. The highest BCUT2D eigenvalue weighted by Crippen LogP contribution is 2.41. The number of furan rings is 1. The fraction of sp³-hybridized carbons (Fsp3) is 0.333. The SMILES string of the molecule is CCN(CC)CCN1C(=O)C(O)=C(C(=O)c2cc3cccc(OC)c3o2)[C@@H]1c1cccs1. The maximum absolute atomic E-state index is 13.5. The third kappa shape index (κ3) is 3.80. The number of rotatable bonds is 9. The average molecular weight is 455 g/mol. The van der Waals surface area contributed by atoms with E-state index in [0.717, 1.165) is 18.0 Å². The van der Waals surface area contributed by atoms with E-state index in [4.69, 9.17) is 9.15 Å². The predicted molar refractivity (Wildman–Crippen MR) is 123 cm³/mol. The molecule has 1 aliphatic rings. The molecule has 4 rings (SSSR count). The second-order valence-electron chi connectivity index (χ2n) is 7.52. The number of hydrogen-bond acceptors (Lipinski definition) is 7. The predicted octanol–water partition coefficient (Wildman–Crippen LogP) is 4.42. The number of hydrogen-bond donors (Lipinski definition) is 1. The van der Waals surface area contributed by atoms with E-state index in [9.17, 15) is 14.7 Å². The molecular formula is C24H26N2O5S. The number of benzene rings is 1. The van der Waals surface area contributed by atoms with Gasteiger partial charge in [0, 0.05) is 23.4 Å². The smallest absolute Gasteiger partial charge is 0.290 e. The summed E-state index contributed by atoms with van der Waals surface area (Å²) in [5.41, 5.74) is 0.504. The molecule has 1 aliphatic heterocycles. The highest BCUT2D eigenvalue weighted by Gasteiger charge is 2.45. The number of aliphatic hydroxyl groups is 1. The molecule has 7 nitrogen and oxygen atoms in total. The molecule has 0 unspecified atom stereocenters. The Morgan fingerprint density at radius 2 is 2.03 bits per heavy atom. The number of ketones is 1. The summed E-state index contributed by atoms with van der Waals surface area (Å²) in [4.78, 5) is 31.2. The first-order chi connectivity index (χ1) is 15.5. The Kier molecular flexibility index (Phi) is 6.34. The lowest BCUT2D eigenvalue weighted by Crippen LogP contribution is -2.38.